The molecule has 2 saturated heterocycles. The maximum Gasteiger partial charge on any atom is 0.314 e. The Morgan fingerprint density at radius 2 is 2.15 bits per heavy atom. The minimum atomic E-state index is -0.183. The third-order valence-electron chi connectivity index (χ3n) is 5.69. The van der Waals surface area contributed by atoms with E-state index in [2.05, 4.69) is 15.6 Å². The Kier molecular flexibility index (Phi) is 6.15. The number of hydrogen-bond acceptors (Lipinski definition) is 5. The number of methoxy groups -OCH3 is 1. The lowest BCUT2D eigenvalue weighted by Crippen LogP contribution is -2.49. The van der Waals surface area contributed by atoms with Crippen LogP contribution in [0.3, 0.4) is 0 Å². The molecule has 2 fully saturated rings. The van der Waals surface area contributed by atoms with Crippen LogP contribution in [0.25, 0.3) is 0 Å². The van der Waals surface area contributed by atoms with E-state index in [-0.39, 0.29) is 23.5 Å². The third kappa shape index (κ3) is 4.50. The van der Waals surface area contributed by atoms with Gasteiger partial charge in [0.15, 0.2) is 0 Å². The van der Waals surface area contributed by atoms with Gasteiger partial charge in [-0.25, -0.2) is 4.79 Å². The van der Waals surface area contributed by atoms with Crippen molar-refractivity contribution in [3.63, 3.8) is 0 Å². The van der Waals surface area contributed by atoms with Gasteiger partial charge in [0.1, 0.15) is 5.75 Å². The van der Waals surface area contributed by atoms with Gasteiger partial charge in [-0.1, -0.05) is 0 Å². The summed E-state index contributed by atoms with van der Waals surface area (Å²) in [6, 6.07) is 1.52. The molecule has 1 unspecified atom stereocenters. The summed E-state index contributed by atoms with van der Waals surface area (Å²) < 4.78 is 11.3. The summed E-state index contributed by atoms with van der Waals surface area (Å²) in [5.41, 5.74) is 0.700. The molecule has 1 spiro atoms. The molecular weight excluding hydrogens is 348 g/mol. The van der Waals surface area contributed by atoms with Crippen molar-refractivity contribution in [2.75, 3.05) is 40.4 Å². The van der Waals surface area contributed by atoms with Gasteiger partial charge in [-0.05, 0) is 37.2 Å². The molecule has 1 aromatic heterocycles. The number of rotatable bonds is 4. The second-order valence-electron chi connectivity index (χ2n) is 7.30. The predicted molar refractivity (Wildman–Crippen MR) is 99.8 cm³/mol. The molecule has 8 heteroatoms. The zero-order chi connectivity index (χ0) is 19.3. The van der Waals surface area contributed by atoms with E-state index < -0.39 is 0 Å². The molecule has 0 radical (unpaired) electrons. The number of piperidine rings is 1. The van der Waals surface area contributed by atoms with Gasteiger partial charge in [0, 0.05) is 32.9 Å². The van der Waals surface area contributed by atoms with E-state index in [1.54, 1.807) is 32.6 Å². The van der Waals surface area contributed by atoms with Gasteiger partial charge in [-0.15, -0.1) is 0 Å². The van der Waals surface area contributed by atoms with Crippen LogP contribution in [0, 0.1) is 5.41 Å². The highest BCUT2D eigenvalue weighted by Crippen LogP contribution is 2.40. The summed E-state index contributed by atoms with van der Waals surface area (Å²) in [7, 11) is 3.15. The minimum Gasteiger partial charge on any atom is -0.494 e. The van der Waals surface area contributed by atoms with Gasteiger partial charge in [0.25, 0.3) is 5.91 Å². The Balaban J connectivity index is 1.50. The number of nitrogens with one attached hydrogen (secondary N) is 2. The lowest BCUT2D eigenvalue weighted by atomic mass is 9.73. The molecule has 8 nitrogen and oxygen atoms in total. The predicted octanol–water partition coefficient (Wildman–Crippen LogP) is 1.42. The molecule has 1 atom stereocenters. The number of carbonyl (C=O) groups excluding carboxylic acids is 2. The van der Waals surface area contributed by atoms with Crippen molar-refractivity contribution < 1.29 is 19.1 Å². The van der Waals surface area contributed by atoms with Crippen molar-refractivity contribution in [3.05, 3.63) is 24.0 Å². The van der Waals surface area contributed by atoms with Gasteiger partial charge >= 0.3 is 6.03 Å². The summed E-state index contributed by atoms with van der Waals surface area (Å²) in [6.07, 6.45) is 7.10. The number of urea groups is 1. The Labute approximate surface area is 159 Å². The lowest BCUT2D eigenvalue weighted by molar-refractivity contribution is -0.0807. The largest absolute Gasteiger partial charge is 0.494 e. The van der Waals surface area contributed by atoms with E-state index in [0.717, 1.165) is 38.8 Å². The monoisotopic (exact) mass is 376 g/mol. The van der Waals surface area contributed by atoms with E-state index in [0.29, 0.717) is 24.5 Å². The fourth-order valence-corrected chi connectivity index (χ4v) is 3.84. The summed E-state index contributed by atoms with van der Waals surface area (Å²) in [5.74, 6) is 0.503. The van der Waals surface area contributed by atoms with Gasteiger partial charge in [0.05, 0.1) is 31.6 Å². The number of likely N-dealkylation sites (tertiary alicyclic amines) is 1. The maximum absolute atomic E-state index is 12.8. The molecule has 0 saturated carbocycles. The Morgan fingerprint density at radius 1 is 1.37 bits per heavy atom. The number of ether oxygens (including phenoxy) is 2. The normalized spacial score (nSPS) is 21.6. The molecule has 0 aromatic carbocycles. The number of amides is 3. The number of nitrogens with zero attached hydrogens (tertiary/aromatic N) is 2. The fraction of sp³-hybridized carbons (Fsp3) is 0.632. The van der Waals surface area contributed by atoms with Crippen molar-refractivity contribution in [3.8, 4) is 5.75 Å². The molecule has 0 aliphatic carbocycles. The molecule has 3 rings (SSSR count). The third-order valence-corrected chi connectivity index (χ3v) is 5.69. The Hall–Kier alpha value is -2.35. The van der Waals surface area contributed by atoms with Crippen LogP contribution in [-0.2, 0) is 4.74 Å². The smallest absolute Gasteiger partial charge is 0.314 e. The first kappa shape index (κ1) is 19.4. The first-order valence-corrected chi connectivity index (χ1v) is 9.41. The molecule has 148 valence electrons. The second-order valence-corrected chi connectivity index (χ2v) is 7.30. The van der Waals surface area contributed by atoms with Crippen LogP contribution in [-0.4, -0.2) is 68.3 Å². The standard InChI is InChI=1S/C19H28N4O4/c1-20-18(25)22-11-14-3-5-19(13-27-14)6-9-23(10-7-19)17(24)15-4-8-21-12-16(15)26-2/h4,8,12,14H,3,5-7,9-11,13H2,1-2H3,(H2,20,22,25). The average Bonchev–Trinajstić information content (AvgIpc) is 2.73. The molecule has 2 aliphatic heterocycles. The molecule has 27 heavy (non-hydrogen) atoms. The number of aromatic nitrogens is 1. The topological polar surface area (TPSA) is 92.8 Å². The van der Waals surface area contributed by atoms with Crippen LogP contribution in [0.2, 0.25) is 0 Å². The van der Waals surface area contributed by atoms with E-state index in [1.807, 2.05) is 4.90 Å². The van der Waals surface area contributed by atoms with Crippen LogP contribution in [0.1, 0.15) is 36.0 Å². The molecule has 3 amide bonds. The Morgan fingerprint density at radius 3 is 2.78 bits per heavy atom. The molecular formula is C19H28N4O4. The van der Waals surface area contributed by atoms with Crippen molar-refractivity contribution in [1.82, 2.24) is 20.5 Å². The van der Waals surface area contributed by atoms with Gasteiger partial charge in [-0.2, -0.15) is 0 Å². The van der Waals surface area contributed by atoms with E-state index in [9.17, 15) is 9.59 Å². The van der Waals surface area contributed by atoms with Crippen LogP contribution in [0.5, 0.6) is 5.75 Å². The summed E-state index contributed by atoms with van der Waals surface area (Å²) in [6.45, 7) is 2.65. The first-order valence-electron chi connectivity index (χ1n) is 9.41. The molecule has 1 aromatic rings. The van der Waals surface area contributed by atoms with Crippen LogP contribution in [0.15, 0.2) is 18.5 Å². The highest BCUT2D eigenvalue weighted by atomic mass is 16.5. The summed E-state index contributed by atoms with van der Waals surface area (Å²) in [5, 5.41) is 5.34. The van der Waals surface area contributed by atoms with E-state index >= 15 is 0 Å². The minimum absolute atomic E-state index is 0.00603. The molecule has 2 N–H and O–H groups in total. The average molecular weight is 376 g/mol. The van der Waals surface area contributed by atoms with Crippen molar-refractivity contribution >= 4 is 11.9 Å². The number of carbonyl (C=O) groups is 2. The maximum atomic E-state index is 12.8. The fourth-order valence-electron chi connectivity index (χ4n) is 3.84. The zero-order valence-corrected chi connectivity index (χ0v) is 16.0. The lowest BCUT2D eigenvalue weighted by Gasteiger charge is -2.45. The SMILES string of the molecule is CNC(=O)NCC1CCC2(CCN(C(=O)c3ccncc3OC)CC2)CO1. The number of hydrogen-bond donors (Lipinski definition) is 2. The van der Waals surface area contributed by atoms with Crippen molar-refractivity contribution in [2.24, 2.45) is 5.41 Å². The summed E-state index contributed by atoms with van der Waals surface area (Å²) in [4.78, 5) is 30.0. The van der Waals surface area contributed by atoms with Gasteiger partial charge in [0.2, 0.25) is 0 Å². The first-order chi connectivity index (χ1) is 13.1. The second kappa shape index (κ2) is 8.56. The van der Waals surface area contributed by atoms with Crippen LogP contribution in [0.4, 0.5) is 4.79 Å². The van der Waals surface area contributed by atoms with Gasteiger partial charge in [-0.3, -0.25) is 9.78 Å². The zero-order valence-electron chi connectivity index (χ0n) is 16.0. The molecule has 2 aliphatic rings. The van der Waals surface area contributed by atoms with Crippen molar-refractivity contribution in [1.29, 1.82) is 0 Å². The molecule has 3 heterocycles. The molecule has 0 bridgehead atoms. The van der Waals surface area contributed by atoms with Crippen molar-refractivity contribution in [2.45, 2.75) is 31.8 Å². The summed E-state index contributed by atoms with van der Waals surface area (Å²) >= 11 is 0. The van der Waals surface area contributed by atoms with E-state index in [1.165, 1.54) is 0 Å². The highest BCUT2D eigenvalue weighted by molar-refractivity contribution is 5.96. The van der Waals surface area contributed by atoms with Crippen LogP contribution >= 0.6 is 0 Å². The van der Waals surface area contributed by atoms with E-state index in [4.69, 9.17) is 9.47 Å². The highest BCUT2D eigenvalue weighted by Gasteiger charge is 2.40. The number of pyridine rings is 1. The van der Waals surface area contributed by atoms with Crippen LogP contribution < -0.4 is 15.4 Å². The quantitative estimate of drug-likeness (QED) is 0.829. The Bertz CT molecular complexity index is 663. The van der Waals surface area contributed by atoms with Gasteiger partial charge < -0.3 is 25.0 Å².